The summed E-state index contributed by atoms with van der Waals surface area (Å²) < 4.78 is 7.67. The van der Waals surface area contributed by atoms with Gasteiger partial charge in [-0.2, -0.15) is 5.10 Å². The van der Waals surface area contributed by atoms with E-state index in [9.17, 15) is 0 Å². The van der Waals surface area contributed by atoms with E-state index in [1.807, 2.05) is 37.8 Å². The van der Waals surface area contributed by atoms with Gasteiger partial charge in [0.15, 0.2) is 0 Å². The van der Waals surface area contributed by atoms with E-state index in [1.165, 1.54) is 23.8 Å². The van der Waals surface area contributed by atoms with Crippen LogP contribution in [-0.2, 0) is 7.05 Å². The van der Waals surface area contributed by atoms with Gasteiger partial charge in [-0.1, -0.05) is 13.8 Å². The number of rotatable bonds is 3. The van der Waals surface area contributed by atoms with Gasteiger partial charge in [0.05, 0.1) is 12.1 Å². The van der Waals surface area contributed by atoms with Crippen LogP contribution in [0.5, 0.6) is 5.75 Å². The summed E-state index contributed by atoms with van der Waals surface area (Å²) >= 11 is 0. The van der Waals surface area contributed by atoms with Crippen molar-refractivity contribution in [3.8, 4) is 5.75 Å². The molecule has 2 aromatic rings. The fourth-order valence-corrected chi connectivity index (χ4v) is 1.94. The van der Waals surface area contributed by atoms with Crippen LogP contribution in [0.25, 0.3) is 10.9 Å². The Hall–Kier alpha value is -1.51. The lowest BCUT2D eigenvalue weighted by molar-refractivity contribution is 0.298. The molecule has 1 aliphatic rings. The van der Waals surface area contributed by atoms with Gasteiger partial charge < -0.3 is 4.74 Å². The van der Waals surface area contributed by atoms with Crippen LogP contribution in [0.2, 0.25) is 0 Å². The molecule has 3 rings (SSSR count). The van der Waals surface area contributed by atoms with Crippen molar-refractivity contribution in [2.24, 2.45) is 13.0 Å². The molecule has 0 N–H and O–H groups in total. The highest BCUT2D eigenvalue weighted by Gasteiger charge is 2.22. The van der Waals surface area contributed by atoms with Crippen molar-refractivity contribution in [2.45, 2.75) is 33.6 Å². The second-order valence-electron chi connectivity index (χ2n) is 4.73. The Balaban J connectivity index is 0.000000574. The molecule has 0 aliphatic heterocycles. The summed E-state index contributed by atoms with van der Waals surface area (Å²) in [7, 11) is 1.94. The maximum atomic E-state index is 5.83. The van der Waals surface area contributed by atoms with Crippen molar-refractivity contribution in [3.05, 3.63) is 23.9 Å². The average Bonchev–Trinajstić information content (AvgIpc) is 3.11. The highest BCUT2D eigenvalue weighted by Crippen LogP contribution is 2.31. The number of hydrogen-bond acceptors (Lipinski definition) is 2. The van der Waals surface area contributed by atoms with Gasteiger partial charge in [-0.05, 0) is 37.3 Å². The topological polar surface area (TPSA) is 27.1 Å². The van der Waals surface area contributed by atoms with Gasteiger partial charge in [-0.15, -0.1) is 0 Å². The Morgan fingerprint density at radius 3 is 2.72 bits per heavy atom. The number of ether oxygens (including phenoxy) is 1. The summed E-state index contributed by atoms with van der Waals surface area (Å²) in [6.45, 7) is 6.95. The molecule has 1 aromatic heterocycles. The molecule has 0 atom stereocenters. The maximum absolute atomic E-state index is 5.83. The molecule has 1 fully saturated rings. The lowest BCUT2D eigenvalue weighted by Crippen LogP contribution is -2.00. The van der Waals surface area contributed by atoms with Gasteiger partial charge in [-0.25, -0.2) is 0 Å². The van der Waals surface area contributed by atoms with Crippen LogP contribution in [0.4, 0.5) is 0 Å². The van der Waals surface area contributed by atoms with Crippen LogP contribution in [-0.4, -0.2) is 16.4 Å². The minimum Gasteiger partial charge on any atom is -0.493 e. The van der Waals surface area contributed by atoms with Crippen molar-refractivity contribution in [3.63, 3.8) is 0 Å². The van der Waals surface area contributed by atoms with E-state index in [-0.39, 0.29) is 0 Å². The summed E-state index contributed by atoms with van der Waals surface area (Å²) in [6, 6.07) is 4.19. The van der Waals surface area contributed by atoms with Crippen molar-refractivity contribution < 1.29 is 4.74 Å². The molecular formula is C15H22N2O. The van der Waals surface area contributed by atoms with Gasteiger partial charge in [0.2, 0.25) is 0 Å². The van der Waals surface area contributed by atoms with Crippen LogP contribution in [0, 0.1) is 12.8 Å². The highest BCUT2D eigenvalue weighted by molar-refractivity contribution is 5.80. The van der Waals surface area contributed by atoms with Crippen molar-refractivity contribution >= 4 is 10.9 Å². The van der Waals surface area contributed by atoms with E-state index in [0.717, 1.165) is 23.8 Å². The number of hydrogen-bond donors (Lipinski definition) is 0. The molecule has 3 heteroatoms. The molecule has 18 heavy (non-hydrogen) atoms. The number of nitrogens with zero attached hydrogens (tertiary/aromatic N) is 2. The summed E-state index contributed by atoms with van der Waals surface area (Å²) in [5.74, 6) is 1.77. The molecule has 0 spiro atoms. The highest BCUT2D eigenvalue weighted by atomic mass is 16.5. The molecule has 1 heterocycles. The number of benzene rings is 1. The zero-order valence-electron chi connectivity index (χ0n) is 11.7. The zero-order valence-corrected chi connectivity index (χ0v) is 11.7. The van der Waals surface area contributed by atoms with Crippen LogP contribution in [0.15, 0.2) is 18.3 Å². The summed E-state index contributed by atoms with van der Waals surface area (Å²) in [5, 5.41) is 5.57. The molecule has 0 amide bonds. The normalized spacial score (nSPS) is 14.2. The van der Waals surface area contributed by atoms with Crippen molar-refractivity contribution in [1.29, 1.82) is 0 Å². The molecule has 3 nitrogen and oxygen atoms in total. The minimum atomic E-state index is 0.791. The standard InChI is InChI=1S/C13H16N2O.C2H6/c1-9-5-11-7-15(2)14-12(11)6-13(9)16-8-10-3-4-10;1-2/h5-7,10H,3-4,8H2,1-2H3;1-2H3. The third kappa shape index (κ3) is 2.84. The first-order valence-corrected chi connectivity index (χ1v) is 6.79. The molecule has 0 radical (unpaired) electrons. The van der Waals surface area contributed by atoms with Gasteiger partial charge in [0.1, 0.15) is 5.75 Å². The Morgan fingerprint density at radius 1 is 1.33 bits per heavy atom. The molecular weight excluding hydrogens is 224 g/mol. The van der Waals surface area contributed by atoms with E-state index in [4.69, 9.17) is 4.74 Å². The number of aryl methyl sites for hydroxylation is 2. The Bertz CT molecular complexity index is 527. The van der Waals surface area contributed by atoms with Gasteiger partial charge in [0.25, 0.3) is 0 Å². The quantitative estimate of drug-likeness (QED) is 0.825. The number of fused-ring (bicyclic) bond motifs is 1. The largest absolute Gasteiger partial charge is 0.493 e. The SMILES string of the molecule is CC.Cc1cc2cn(C)nc2cc1OCC1CC1. The third-order valence-electron chi connectivity index (χ3n) is 3.09. The predicted molar refractivity (Wildman–Crippen MR) is 75.0 cm³/mol. The molecule has 0 saturated heterocycles. The first-order valence-electron chi connectivity index (χ1n) is 6.79. The van der Waals surface area contributed by atoms with Gasteiger partial charge in [0, 0.05) is 24.7 Å². The van der Waals surface area contributed by atoms with E-state index in [2.05, 4.69) is 18.1 Å². The fraction of sp³-hybridized carbons (Fsp3) is 0.533. The molecule has 1 aromatic carbocycles. The van der Waals surface area contributed by atoms with E-state index in [0.29, 0.717) is 0 Å². The van der Waals surface area contributed by atoms with Crippen LogP contribution < -0.4 is 4.74 Å². The van der Waals surface area contributed by atoms with Crippen molar-refractivity contribution in [2.75, 3.05) is 6.61 Å². The zero-order chi connectivity index (χ0) is 13.1. The first-order chi connectivity index (χ1) is 8.72. The van der Waals surface area contributed by atoms with Gasteiger partial charge in [-0.3, -0.25) is 4.68 Å². The summed E-state index contributed by atoms with van der Waals surface area (Å²) in [5.41, 5.74) is 2.21. The van der Waals surface area contributed by atoms with E-state index in [1.54, 1.807) is 0 Å². The summed E-state index contributed by atoms with van der Waals surface area (Å²) in [4.78, 5) is 0. The monoisotopic (exact) mass is 246 g/mol. The molecule has 0 unspecified atom stereocenters. The lowest BCUT2D eigenvalue weighted by Gasteiger charge is -2.08. The fourth-order valence-electron chi connectivity index (χ4n) is 1.94. The second-order valence-corrected chi connectivity index (χ2v) is 4.73. The van der Waals surface area contributed by atoms with Crippen LogP contribution in [0.1, 0.15) is 32.3 Å². The van der Waals surface area contributed by atoms with Crippen molar-refractivity contribution in [1.82, 2.24) is 9.78 Å². The smallest absolute Gasteiger partial charge is 0.124 e. The Morgan fingerprint density at radius 2 is 2.06 bits per heavy atom. The van der Waals surface area contributed by atoms with Crippen LogP contribution >= 0.6 is 0 Å². The molecule has 98 valence electrons. The Labute approximate surface area is 109 Å². The van der Waals surface area contributed by atoms with E-state index < -0.39 is 0 Å². The molecule has 0 bridgehead atoms. The van der Waals surface area contributed by atoms with E-state index >= 15 is 0 Å². The third-order valence-corrected chi connectivity index (χ3v) is 3.09. The average molecular weight is 246 g/mol. The molecule has 1 saturated carbocycles. The maximum Gasteiger partial charge on any atom is 0.124 e. The van der Waals surface area contributed by atoms with Gasteiger partial charge >= 0.3 is 0 Å². The molecule has 1 aliphatic carbocycles. The second kappa shape index (κ2) is 5.42. The number of aromatic nitrogens is 2. The minimum absolute atomic E-state index is 0.791. The predicted octanol–water partition coefficient (Wildman–Crippen LogP) is 3.70. The Kier molecular flexibility index (Phi) is 3.90. The summed E-state index contributed by atoms with van der Waals surface area (Å²) in [6.07, 6.45) is 4.68. The first kappa shape index (κ1) is 12.9. The lowest BCUT2D eigenvalue weighted by atomic mass is 10.1. The van der Waals surface area contributed by atoms with Crippen LogP contribution in [0.3, 0.4) is 0 Å².